The van der Waals surface area contributed by atoms with E-state index in [2.05, 4.69) is 4.98 Å². The van der Waals surface area contributed by atoms with E-state index < -0.39 is 5.92 Å². The molecule has 0 aromatic carbocycles. The number of rotatable bonds is 3. The molecule has 0 bridgehead atoms. The van der Waals surface area contributed by atoms with E-state index in [1.165, 1.54) is 11.1 Å². The summed E-state index contributed by atoms with van der Waals surface area (Å²) in [5.74, 6) is -2.56. The first-order chi connectivity index (χ1) is 10.5. The zero-order valence-electron chi connectivity index (χ0n) is 12.1. The molecule has 2 saturated heterocycles. The number of aromatic nitrogens is 1. The van der Waals surface area contributed by atoms with Gasteiger partial charge in [0.05, 0.1) is 13.2 Å². The first-order valence-corrected chi connectivity index (χ1v) is 7.41. The number of halogens is 2. The average Bonchev–Trinajstić information content (AvgIpc) is 3.00. The van der Waals surface area contributed by atoms with Crippen LogP contribution in [-0.2, 0) is 4.74 Å². The molecule has 1 aromatic rings. The van der Waals surface area contributed by atoms with Crippen molar-refractivity contribution >= 4 is 5.91 Å². The SMILES string of the molecule is O=C(c1ccnc(O[C@H]2CCOC2)c1)N1CCC(F)(F)CC1. The van der Waals surface area contributed by atoms with E-state index in [1.54, 1.807) is 12.1 Å². The molecule has 0 unspecified atom stereocenters. The van der Waals surface area contributed by atoms with Gasteiger partial charge >= 0.3 is 0 Å². The van der Waals surface area contributed by atoms with Crippen molar-refractivity contribution in [3.05, 3.63) is 23.9 Å². The molecule has 3 rings (SSSR count). The van der Waals surface area contributed by atoms with E-state index >= 15 is 0 Å². The summed E-state index contributed by atoms with van der Waals surface area (Å²) in [5, 5.41) is 0. The summed E-state index contributed by atoms with van der Waals surface area (Å²) in [6.45, 7) is 1.31. The van der Waals surface area contributed by atoms with Gasteiger partial charge in [0.2, 0.25) is 5.88 Å². The molecule has 2 aliphatic heterocycles. The van der Waals surface area contributed by atoms with Crippen molar-refractivity contribution in [1.29, 1.82) is 0 Å². The first-order valence-electron chi connectivity index (χ1n) is 7.41. The van der Waals surface area contributed by atoms with Crippen LogP contribution in [0, 0.1) is 0 Å². The lowest BCUT2D eigenvalue weighted by Gasteiger charge is -2.31. The second-order valence-corrected chi connectivity index (χ2v) is 5.63. The van der Waals surface area contributed by atoms with Gasteiger partial charge in [-0.2, -0.15) is 0 Å². The van der Waals surface area contributed by atoms with Gasteiger partial charge in [0.25, 0.3) is 11.8 Å². The maximum atomic E-state index is 13.2. The van der Waals surface area contributed by atoms with Crippen LogP contribution in [0.5, 0.6) is 5.88 Å². The Morgan fingerprint density at radius 3 is 2.86 bits per heavy atom. The fraction of sp³-hybridized carbons (Fsp3) is 0.600. The number of amides is 1. The molecular weight excluding hydrogens is 294 g/mol. The molecule has 0 radical (unpaired) electrons. The first kappa shape index (κ1) is 15.1. The van der Waals surface area contributed by atoms with Crippen LogP contribution in [0.25, 0.3) is 0 Å². The minimum Gasteiger partial charge on any atom is -0.472 e. The zero-order valence-corrected chi connectivity index (χ0v) is 12.1. The average molecular weight is 312 g/mol. The molecule has 1 atom stereocenters. The fourth-order valence-electron chi connectivity index (χ4n) is 2.60. The summed E-state index contributed by atoms with van der Waals surface area (Å²) >= 11 is 0. The molecule has 0 aliphatic carbocycles. The maximum Gasteiger partial charge on any atom is 0.254 e. The molecular formula is C15H18F2N2O3. The monoisotopic (exact) mass is 312 g/mol. The zero-order chi connectivity index (χ0) is 15.6. The van der Waals surface area contributed by atoms with Gasteiger partial charge in [-0.25, -0.2) is 13.8 Å². The molecule has 2 aliphatic rings. The Balaban J connectivity index is 1.65. The van der Waals surface area contributed by atoms with Gasteiger partial charge in [-0.1, -0.05) is 0 Å². The normalized spacial score (nSPS) is 24.3. The highest BCUT2D eigenvalue weighted by Crippen LogP contribution is 2.28. The third-order valence-corrected chi connectivity index (χ3v) is 3.94. The number of likely N-dealkylation sites (tertiary alicyclic amines) is 1. The predicted molar refractivity (Wildman–Crippen MR) is 74.2 cm³/mol. The van der Waals surface area contributed by atoms with Crippen LogP contribution < -0.4 is 4.74 Å². The number of ether oxygens (including phenoxy) is 2. The topological polar surface area (TPSA) is 51.7 Å². The summed E-state index contributed by atoms with van der Waals surface area (Å²) in [6.07, 6.45) is 1.67. The number of nitrogens with zero attached hydrogens (tertiary/aromatic N) is 2. The van der Waals surface area contributed by atoms with Crippen molar-refractivity contribution < 1.29 is 23.0 Å². The Labute approximate surface area is 127 Å². The van der Waals surface area contributed by atoms with Crippen LogP contribution in [0.4, 0.5) is 8.78 Å². The van der Waals surface area contributed by atoms with Crippen LogP contribution in [0.3, 0.4) is 0 Å². The van der Waals surface area contributed by atoms with Crippen molar-refractivity contribution in [3.63, 3.8) is 0 Å². The molecule has 0 saturated carbocycles. The Morgan fingerprint density at radius 1 is 1.41 bits per heavy atom. The molecule has 0 N–H and O–H groups in total. The smallest absolute Gasteiger partial charge is 0.254 e. The highest BCUT2D eigenvalue weighted by atomic mass is 19.3. The number of hydrogen-bond acceptors (Lipinski definition) is 4. The lowest BCUT2D eigenvalue weighted by Crippen LogP contribution is -2.42. The molecule has 0 spiro atoms. The fourth-order valence-corrected chi connectivity index (χ4v) is 2.60. The molecule has 22 heavy (non-hydrogen) atoms. The van der Waals surface area contributed by atoms with Gasteiger partial charge in [-0.15, -0.1) is 0 Å². The maximum absolute atomic E-state index is 13.2. The minimum atomic E-state index is -2.66. The quantitative estimate of drug-likeness (QED) is 0.858. The van der Waals surface area contributed by atoms with Gasteiger partial charge in [-0.05, 0) is 6.07 Å². The van der Waals surface area contributed by atoms with Crippen molar-refractivity contribution in [1.82, 2.24) is 9.88 Å². The van der Waals surface area contributed by atoms with E-state index in [9.17, 15) is 13.6 Å². The highest BCUT2D eigenvalue weighted by Gasteiger charge is 2.35. The summed E-state index contributed by atoms with van der Waals surface area (Å²) in [4.78, 5) is 17.9. The van der Waals surface area contributed by atoms with Crippen molar-refractivity contribution in [3.8, 4) is 5.88 Å². The molecule has 1 aromatic heterocycles. The highest BCUT2D eigenvalue weighted by molar-refractivity contribution is 5.94. The summed E-state index contributed by atoms with van der Waals surface area (Å²) in [7, 11) is 0. The van der Waals surface area contributed by atoms with Crippen molar-refractivity contribution in [2.24, 2.45) is 0 Å². The third-order valence-electron chi connectivity index (χ3n) is 3.94. The minimum absolute atomic E-state index is 0.0495. The number of carbonyl (C=O) groups is 1. The van der Waals surface area contributed by atoms with E-state index in [0.29, 0.717) is 24.7 Å². The van der Waals surface area contributed by atoms with Crippen LogP contribution in [-0.4, -0.2) is 54.1 Å². The number of alkyl halides is 2. The Kier molecular flexibility index (Phi) is 4.24. The molecule has 1 amide bonds. The van der Waals surface area contributed by atoms with E-state index in [1.807, 2.05) is 0 Å². The van der Waals surface area contributed by atoms with Crippen LogP contribution in [0.1, 0.15) is 29.6 Å². The van der Waals surface area contributed by atoms with E-state index in [0.717, 1.165) is 6.42 Å². The number of piperidine rings is 1. The van der Waals surface area contributed by atoms with Gasteiger partial charge < -0.3 is 14.4 Å². The third kappa shape index (κ3) is 3.52. The number of pyridine rings is 1. The van der Waals surface area contributed by atoms with Crippen LogP contribution in [0.15, 0.2) is 18.3 Å². The second kappa shape index (κ2) is 6.16. The molecule has 5 nitrogen and oxygen atoms in total. The Morgan fingerprint density at radius 2 is 2.18 bits per heavy atom. The number of hydrogen-bond donors (Lipinski definition) is 0. The second-order valence-electron chi connectivity index (χ2n) is 5.63. The van der Waals surface area contributed by atoms with E-state index in [-0.39, 0.29) is 37.9 Å². The van der Waals surface area contributed by atoms with Gasteiger partial charge in [-0.3, -0.25) is 4.79 Å². The van der Waals surface area contributed by atoms with Gasteiger partial charge in [0.15, 0.2) is 0 Å². The van der Waals surface area contributed by atoms with Crippen molar-refractivity contribution in [2.45, 2.75) is 31.3 Å². The molecule has 7 heteroatoms. The molecule has 120 valence electrons. The van der Waals surface area contributed by atoms with Gasteiger partial charge in [0.1, 0.15) is 6.10 Å². The molecule has 3 heterocycles. The van der Waals surface area contributed by atoms with Crippen LogP contribution >= 0.6 is 0 Å². The van der Waals surface area contributed by atoms with Gasteiger partial charge in [0, 0.05) is 50.2 Å². The van der Waals surface area contributed by atoms with Crippen LogP contribution in [0.2, 0.25) is 0 Å². The largest absolute Gasteiger partial charge is 0.472 e. The Hall–Kier alpha value is -1.76. The predicted octanol–water partition coefficient (Wildman–Crippen LogP) is 2.12. The summed E-state index contributed by atoms with van der Waals surface area (Å²) in [5.41, 5.74) is 0.411. The van der Waals surface area contributed by atoms with Crippen molar-refractivity contribution in [2.75, 3.05) is 26.3 Å². The lowest BCUT2D eigenvalue weighted by atomic mass is 10.1. The lowest BCUT2D eigenvalue weighted by molar-refractivity contribution is -0.0494. The molecule has 2 fully saturated rings. The standard InChI is InChI=1S/C15H18F2N2O3/c16-15(17)3-6-19(7-4-15)14(20)11-1-5-18-13(9-11)22-12-2-8-21-10-12/h1,5,9,12H,2-4,6-8,10H2/t12-/m0/s1. The summed E-state index contributed by atoms with van der Waals surface area (Å²) < 4.78 is 37.2. The number of carbonyl (C=O) groups excluding carboxylic acids is 1. The summed E-state index contributed by atoms with van der Waals surface area (Å²) in [6, 6.07) is 3.14. The Bertz CT molecular complexity index is 537. The van der Waals surface area contributed by atoms with E-state index in [4.69, 9.17) is 9.47 Å².